The number of carbonyl (C=O) groups is 4. The summed E-state index contributed by atoms with van der Waals surface area (Å²) in [5, 5.41) is 5.83. The fourth-order valence-electron chi connectivity index (χ4n) is 4.97. The minimum atomic E-state index is -0.735. The maximum atomic E-state index is 13.7. The third-order valence-corrected chi connectivity index (χ3v) is 8.04. The van der Waals surface area contributed by atoms with Gasteiger partial charge in [-0.05, 0) is 70.4 Å². The van der Waals surface area contributed by atoms with Crippen LogP contribution >= 0.6 is 11.8 Å². The summed E-state index contributed by atoms with van der Waals surface area (Å²) >= 11 is 1.58. The molecular weight excluding hydrogens is 516 g/mol. The third kappa shape index (κ3) is 10.4. The number of methoxy groups -OCH3 is 1. The minimum absolute atomic E-state index is 0.00730. The van der Waals surface area contributed by atoms with E-state index in [1.165, 1.54) is 7.11 Å². The monoisotopic (exact) mass is 568 g/mol. The zero-order valence-electron chi connectivity index (χ0n) is 25.7. The highest BCUT2D eigenvalue weighted by Crippen LogP contribution is 2.21. The first-order chi connectivity index (χ1) is 18.3. The number of esters is 1. The van der Waals surface area contributed by atoms with Gasteiger partial charge >= 0.3 is 5.97 Å². The van der Waals surface area contributed by atoms with E-state index in [2.05, 4.69) is 29.4 Å². The predicted octanol–water partition coefficient (Wildman–Crippen LogP) is 3.23. The molecule has 224 valence electrons. The standard InChI is InChI=1S/C29H52N4O5S/c1-18(2)24(17-21(7)26(34)30-22(14-16-39-10)29(37)38-9)32(8)28(36)25(19(3)4)31-27(35)23-13-11-12-15-33(23)20(5)6/h17-20,22-25H,11-16H2,1-10H3,(H,30,34)(H,31,35)/t22-,23+,24+,25-/m0/s1. The number of hydrogen-bond donors (Lipinski definition) is 2. The molecule has 1 rings (SSSR count). The number of amides is 3. The number of thioether (sulfide) groups is 1. The molecular formula is C29H52N4O5S. The summed E-state index contributed by atoms with van der Waals surface area (Å²) in [5.74, 6) is -0.560. The van der Waals surface area contributed by atoms with Crippen LogP contribution in [-0.2, 0) is 23.9 Å². The second kappa shape index (κ2) is 16.9. The summed E-state index contributed by atoms with van der Waals surface area (Å²) in [7, 11) is 3.02. The SMILES string of the molecule is COC(=O)[C@H](CCSC)NC(=O)C(C)=C[C@H](C(C)C)N(C)C(=O)[C@@H](NC(=O)[C@H]1CCCCN1C(C)C)C(C)C. The Hall–Kier alpha value is -2.07. The van der Waals surface area contributed by atoms with Crippen molar-refractivity contribution in [1.82, 2.24) is 20.4 Å². The molecule has 1 aliphatic heterocycles. The molecule has 2 N–H and O–H groups in total. The summed E-state index contributed by atoms with van der Waals surface area (Å²) in [5.41, 5.74) is 0.409. The van der Waals surface area contributed by atoms with Crippen LogP contribution in [0.4, 0.5) is 0 Å². The second-order valence-corrected chi connectivity index (χ2v) is 12.4. The average molecular weight is 569 g/mol. The molecule has 1 saturated heterocycles. The number of piperidine rings is 1. The lowest BCUT2D eigenvalue weighted by molar-refractivity contribution is -0.144. The maximum absolute atomic E-state index is 13.7. The Kier molecular flexibility index (Phi) is 15.1. The molecule has 3 amide bonds. The molecule has 0 aromatic carbocycles. The molecule has 0 bridgehead atoms. The van der Waals surface area contributed by atoms with Gasteiger partial charge in [0.25, 0.3) is 0 Å². The Morgan fingerprint density at radius 3 is 2.21 bits per heavy atom. The Balaban J connectivity index is 3.09. The lowest BCUT2D eigenvalue weighted by Crippen LogP contribution is -2.58. The van der Waals surface area contributed by atoms with Gasteiger partial charge < -0.3 is 20.3 Å². The summed E-state index contributed by atoms with van der Waals surface area (Å²) in [6, 6.07) is -1.79. The third-order valence-electron chi connectivity index (χ3n) is 7.40. The fraction of sp³-hybridized carbons (Fsp3) is 0.793. The van der Waals surface area contributed by atoms with Crippen LogP contribution in [0.1, 0.15) is 74.1 Å². The molecule has 0 aromatic rings. The van der Waals surface area contributed by atoms with Crippen molar-refractivity contribution in [3.8, 4) is 0 Å². The van der Waals surface area contributed by atoms with Crippen molar-refractivity contribution >= 4 is 35.5 Å². The zero-order valence-corrected chi connectivity index (χ0v) is 26.5. The lowest BCUT2D eigenvalue weighted by atomic mass is 9.95. The summed E-state index contributed by atoms with van der Waals surface area (Å²) in [6.07, 6.45) is 7.02. The van der Waals surface area contributed by atoms with E-state index in [0.29, 0.717) is 17.7 Å². The zero-order chi connectivity index (χ0) is 29.9. The van der Waals surface area contributed by atoms with Crippen molar-refractivity contribution in [3.05, 3.63) is 11.6 Å². The van der Waals surface area contributed by atoms with E-state index < -0.39 is 18.1 Å². The van der Waals surface area contributed by atoms with Crippen molar-refractivity contribution in [2.45, 2.75) is 104 Å². The number of rotatable bonds is 14. The number of nitrogens with one attached hydrogen (secondary N) is 2. The van der Waals surface area contributed by atoms with Crippen molar-refractivity contribution in [1.29, 1.82) is 0 Å². The molecule has 0 saturated carbocycles. The first-order valence-corrected chi connectivity index (χ1v) is 15.5. The number of carbonyl (C=O) groups excluding carboxylic acids is 4. The molecule has 4 atom stereocenters. The Morgan fingerprint density at radius 2 is 1.69 bits per heavy atom. The molecule has 0 unspecified atom stereocenters. The number of ether oxygens (including phenoxy) is 1. The first kappa shape index (κ1) is 35.0. The van der Waals surface area contributed by atoms with Crippen molar-refractivity contribution < 1.29 is 23.9 Å². The molecule has 0 radical (unpaired) electrons. The van der Waals surface area contributed by atoms with Crippen LogP contribution in [0.15, 0.2) is 11.6 Å². The van der Waals surface area contributed by atoms with E-state index in [9.17, 15) is 19.2 Å². The van der Waals surface area contributed by atoms with Gasteiger partial charge in [-0.1, -0.05) is 40.2 Å². The summed E-state index contributed by atoms with van der Waals surface area (Å²) < 4.78 is 4.85. The van der Waals surface area contributed by atoms with Crippen LogP contribution in [0.5, 0.6) is 0 Å². The minimum Gasteiger partial charge on any atom is -0.467 e. The molecule has 39 heavy (non-hydrogen) atoms. The number of nitrogens with zero attached hydrogens (tertiary/aromatic N) is 2. The number of likely N-dealkylation sites (N-methyl/N-ethyl adjacent to an activating group) is 1. The van der Waals surface area contributed by atoms with E-state index in [1.807, 2.05) is 34.0 Å². The molecule has 0 aromatic heterocycles. The second-order valence-electron chi connectivity index (χ2n) is 11.4. The first-order valence-electron chi connectivity index (χ1n) is 14.2. The maximum Gasteiger partial charge on any atom is 0.328 e. The fourth-order valence-corrected chi connectivity index (χ4v) is 5.44. The van der Waals surface area contributed by atoms with Gasteiger partial charge in [0.2, 0.25) is 17.7 Å². The van der Waals surface area contributed by atoms with Gasteiger partial charge in [0.05, 0.1) is 19.2 Å². The highest BCUT2D eigenvalue weighted by Gasteiger charge is 2.36. The average Bonchev–Trinajstić information content (AvgIpc) is 2.90. The van der Waals surface area contributed by atoms with E-state index >= 15 is 0 Å². The van der Waals surface area contributed by atoms with Crippen LogP contribution in [0.25, 0.3) is 0 Å². The largest absolute Gasteiger partial charge is 0.467 e. The van der Waals surface area contributed by atoms with Gasteiger partial charge in [-0.3, -0.25) is 19.3 Å². The van der Waals surface area contributed by atoms with Crippen LogP contribution in [0, 0.1) is 11.8 Å². The summed E-state index contributed by atoms with van der Waals surface area (Å²) in [4.78, 5) is 56.1. The van der Waals surface area contributed by atoms with E-state index in [0.717, 1.165) is 25.8 Å². The topological polar surface area (TPSA) is 108 Å². The van der Waals surface area contributed by atoms with Crippen LogP contribution in [-0.4, -0.2) is 96.4 Å². The molecule has 1 aliphatic rings. The smallest absolute Gasteiger partial charge is 0.328 e. The highest BCUT2D eigenvalue weighted by atomic mass is 32.2. The van der Waals surface area contributed by atoms with Crippen LogP contribution < -0.4 is 10.6 Å². The Morgan fingerprint density at radius 1 is 1.05 bits per heavy atom. The highest BCUT2D eigenvalue weighted by molar-refractivity contribution is 7.98. The lowest BCUT2D eigenvalue weighted by Gasteiger charge is -2.39. The van der Waals surface area contributed by atoms with Crippen molar-refractivity contribution in [2.24, 2.45) is 11.8 Å². The van der Waals surface area contributed by atoms with Crippen molar-refractivity contribution in [3.63, 3.8) is 0 Å². The van der Waals surface area contributed by atoms with E-state index in [-0.39, 0.29) is 47.7 Å². The normalized spacial score (nSPS) is 19.0. The molecule has 1 heterocycles. The van der Waals surface area contributed by atoms with Crippen LogP contribution in [0.2, 0.25) is 0 Å². The molecule has 9 nitrogen and oxygen atoms in total. The number of likely N-dealkylation sites (tertiary alicyclic amines) is 1. The van der Waals surface area contributed by atoms with Gasteiger partial charge in [0.15, 0.2) is 0 Å². The molecule has 10 heteroatoms. The van der Waals surface area contributed by atoms with E-state index in [1.54, 1.807) is 36.7 Å². The Labute approximate surface area is 240 Å². The van der Waals surface area contributed by atoms with Crippen molar-refractivity contribution in [2.75, 3.05) is 32.7 Å². The molecule has 0 aliphatic carbocycles. The van der Waals surface area contributed by atoms with Gasteiger partial charge in [-0.25, -0.2) is 4.79 Å². The van der Waals surface area contributed by atoms with Gasteiger partial charge in [0.1, 0.15) is 12.1 Å². The number of hydrogen-bond acceptors (Lipinski definition) is 7. The van der Waals surface area contributed by atoms with Crippen LogP contribution in [0.3, 0.4) is 0 Å². The van der Waals surface area contributed by atoms with E-state index in [4.69, 9.17) is 4.74 Å². The molecule has 0 spiro atoms. The predicted molar refractivity (Wildman–Crippen MR) is 158 cm³/mol. The van der Waals surface area contributed by atoms with Gasteiger partial charge in [-0.2, -0.15) is 11.8 Å². The Bertz CT molecular complexity index is 861. The molecule has 1 fully saturated rings. The summed E-state index contributed by atoms with van der Waals surface area (Å²) in [6.45, 7) is 14.6. The van der Waals surface area contributed by atoms with Gasteiger partial charge in [0, 0.05) is 18.7 Å². The quantitative estimate of drug-likeness (QED) is 0.245. The van der Waals surface area contributed by atoms with Gasteiger partial charge in [-0.15, -0.1) is 0 Å².